The Kier molecular flexibility index (Phi) is 5.06. The second-order valence-electron chi connectivity index (χ2n) is 7.16. The van der Waals surface area contributed by atoms with Crippen molar-refractivity contribution < 1.29 is 14.6 Å². The molecular formula is C24H21N3O3. The summed E-state index contributed by atoms with van der Waals surface area (Å²) in [5.74, 6) is 0.694. The van der Waals surface area contributed by atoms with E-state index in [9.17, 15) is 9.90 Å². The normalized spacial score (nSPS) is 13.7. The van der Waals surface area contributed by atoms with Gasteiger partial charge < -0.3 is 15.2 Å². The number of para-hydroxylation sites is 1. The molecule has 0 aliphatic carbocycles. The van der Waals surface area contributed by atoms with Crippen molar-refractivity contribution >= 4 is 23.0 Å². The second-order valence-corrected chi connectivity index (χ2v) is 7.16. The van der Waals surface area contributed by atoms with Crippen LogP contribution in [0.15, 0.2) is 67.5 Å². The molecule has 0 spiro atoms. The number of aryl methyl sites for hydroxylation is 1. The molecule has 0 radical (unpaired) electrons. The minimum atomic E-state index is -0.979. The molecule has 0 fully saturated rings. The van der Waals surface area contributed by atoms with E-state index in [4.69, 9.17) is 4.74 Å². The summed E-state index contributed by atoms with van der Waals surface area (Å²) >= 11 is 0. The highest BCUT2D eigenvalue weighted by Gasteiger charge is 2.25. The summed E-state index contributed by atoms with van der Waals surface area (Å²) in [4.78, 5) is 20.1. The number of hydrogen-bond acceptors (Lipinski definition) is 5. The van der Waals surface area contributed by atoms with Gasteiger partial charge in [0.15, 0.2) is 11.6 Å². The van der Waals surface area contributed by atoms with Gasteiger partial charge >= 0.3 is 5.97 Å². The van der Waals surface area contributed by atoms with Gasteiger partial charge in [0.2, 0.25) is 0 Å². The number of nitrogens with one attached hydrogen (secondary N) is 1. The fraction of sp³-hybridized carbons (Fsp3) is 0.125. The number of hydrogen-bond donors (Lipinski definition) is 2. The van der Waals surface area contributed by atoms with Crippen molar-refractivity contribution in [3.8, 4) is 5.75 Å². The lowest BCUT2D eigenvalue weighted by Crippen LogP contribution is -2.15. The van der Waals surface area contributed by atoms with Crippen LogP contribution >= 0.6 is 0 Å². The fourth-order valence-electron chi connectivity index (χ4n) is 3.49. The molecule has 1 unspecified atom stereocenters. The molecular weight excluding hydrogens is 378 g/mol. The van der Waals surface area contributed by atoms with E-state index >= 15 is 0 Å². The highest BCUT2D eigenvalue weighted by molar-refractivity contribution is 5.94. The molecule has 6 heteroatoms. The van der Waals surface area contributed by atoms with E-state index in [1.54, 1.807) is 42.7 Å². The van der Waals surface area contributed by atoms with Gasteiger partial charge in [0, 0.05) is 29.2 Å². The molecule has 1 aromatic heterocycles. The Morgan fingerprint density at radius 1 is 1.17 bits per heavy atom. The molecule has 3 aromatic rings. The Balaban J connectivity index is 1.73. The van der Waals surface area contributed by atoms with E-state index in [1.165, 1.54) is 0 Å². The zero-order valence-electron chi connectivity index (χ0n) is 16.7. The summed E-state index contributed by atoms with van der Waals surface area (Å²) in [6.07, 6.45) is 5.15. The molecule has 0 saturated carbocycles. The van der Waals surface area contributed by atoms with Gasteiger partial charge in [0.05, 0.1) is 11.6 Å². The summed E-state index contributed by atoms with van der Waals surface area (Å²) in [5.41, 5.74) is 4.42. The number of allylic oxidation sites excluding steroid dienone is 2. The van der Waals surface area contributed by atoms with Gasteiger partial charge in [-0.25, -0.2) is 14.8 Å². The molecule has 2 heterocycles. The Morgan fingerprint density at radius 3 is 2.63 bits per heavy atom. The maximum absolute atomic E-state index is 11.6. The molecule has 2 N–H and O–H groups in total. The van der Waals surface area contributed by atoms with Crippen LogP contribution in [0.5, 0.6) is 5.75 Å². The minimum absolute atomic E-state index is 0.217. The van der Waals surface area contributed by atoms with Crippen LogP contribution in [0.3, 0.4) is 0 Å². The van der Waals surface area contributed by atoms with Gasteiger partial charge in [-0.3, -0.25) is 0 Å². The Labute approximate surface area is 174 Å². The average Bonchev–Trinajstić information content (AvgIpc) is 2.74. The summed E-state index contributed by atoms with van der Waals surface area (Å²) < 4.78 is 6.23. The van der Waals surface area contributed by atoms with Crippen molar-refractivity contribution in [2.45, 2.75) is 19.9 Å². The number of carboxylic acid groups (broad SMARTS) is 1. The highest BCUT2D eigenvalue weighted by Crippen LogP contribution is 2.41. The lowest BCUT2D eigenvalue weighted by molar-refractivity contribution is 0.0698. The van der Waals surface area contributed by atoms with Gasteiger partial charge in [0.25, 0.3) is 0 Å². The second kappa shape index (κ2) is 7.83. The number of carbonyl (C=O) groups is 1. The number of fused-ring (bicyclic) bond motifs is 1. The maximum atomic E-state index is 11.6. The number of nitrogens with zero attached hydrogens (tertiary/aromatic N) is 2. The van der Waals surface area contributed by atoms with Gasteiger partial charge in [-0.2, -0.15) is 0 Å². The van der Waals surface area contributed by atoms with Crippen molar-refractivity contribution in [1.29, 1.82) is 0 Å². The molecule has 30 heavy (non-hydrogen) atoms. The van der Waals surface area contributed by atoms with E-state index in [0.717, 1.165) is 22.3 Å². The van der Waals surface area contributed by atoms with Crippen LogP contribution < -0.4 is 10.1 Å². The van der Waals surface area contributed by atoms with Crippen molar-refractivity contribution in [2.24, 2.45) is 0 Å². The molecule has 2 aromatic carbocycles. The first-order valence-corrected chi connectivity index (χ1v) is 9.53. The molecule has 1 aliphatic rings. The van der Waals surface area contributed by atoms with Crippen molar-refractivity contribution in [3.05, 3.63) is 95.6 Å². The van der Waals surface area contributed by atoms with E-state index < -0.39 is 5.97 Å². The first-order valence-electron chi connectivity index (χ1n) is 9.53. The van der Waals surface area contributed by atoms with Crippen molar-refractivity contribution in [1.82, 2.24) is 9.97 Å². The molecule has 0 saturated heterocycles. The minimum Gasteiger partial charge on any atom is -0.478 e. The molecule has 0 amide bonds. The monoisotopic (exact) mass is 399 g/mol. The molecule has 1 atom stereocenters. The predicted octanol–water partition coefficient (Wildman–Crippen LogP) is 5.10. The highest BCUT2D eigenvalue weighted by atomic mass is 16.5. The first-order chi connectivity index (χ1) is 14.4. The van der Waals surface area contributed by atoms with E-state index in [0.29, 0.717) is 23.0 Å². The summed E-state index contributed by atoms with van der Waals surface area (Å²) in [7, 11) is 0. The van der Waals surface area contributed by atoms with Crippen LogP contribution in [-0.4, -0.2) is 21.0 Å². The van der Waals surface area contributed by atoms with Crippen LogP contribution in [0.25, 0.3) is 11.3 Å². The number of aromatic nitrogens is 2. The third kappa shape index (κ3) is 3.67. The molecule has 150 valence electrons. The van der Waals surface area contributed by atoms with Crippen LogP contribution in [-0.2, 0) is 0 Å². The Morgan fingerprint density at radius 2 is 1.90 bits per heavy atom. The van der Waals surface area contributed by atoms with Gasteiger partial charge in [-0.05, 0) is 55.3 Å². The molecule has 1 aliphatic heterocycles. The lowest BCUT2D eigenvalue weighted by atomic mass is 9.94. The number of anilines is 1. The number of rotatable bonds is 5. The smallest absolute Gasteiger partial charge is 0.337 e. The third-order valence-corrected chi connectivity index (χ3v) is 4.91. The van der Waals surface area contributed by atoms with Gasteiger partial charge in [-0.1, -0.05) is 24.8 Å². The SMILES string of the molecule is C=C1C=C(c2ncccn2)Oc2c1cc(C)cc2C(C)Nc1ccccc1C(=O)O. The quantitative estimate of drug-likeness (QED) is 0.621. The number of ether oxygens (including phenoxy) is 1. The van der Waals surface area contributed by atoms with Crippen LogP contribution in [0, 0.1) is 6.92 Å². The average molecular weight is 399 g/mol. The first kappa shape index (κ1) is 19.4. The lowest BCUT2D eigenvalue weighted by Gasteiger charge is -2.26. The summed E-state index contributed by atoms with van der Waals surface area (Å²) in [6.45, 7) is 8.16. The van der Waals surface area contributed by atoms with Crippen molar-refractivity contribution in [2.75, 3.05) is 5.32 Å². The Hall–Kier alpha value is -3.93. The standard InChI is InChI=1S/C24H21N3O3/c1-14-11-18-15(2)13-21(23-25-9-6-10-26-23)30-22(18)19(12-14)16(3)27-20-8-5-4-7-17(20)24(28)29/h4-13,16,27H,2H2,1,3H3,(H,28,29). The number of aromatic carboxylic acids is 1. The fourth-order valence-corrected chi connectivity index (χ4v) is 3.49. The van der Waals surface area contributed by atoms with Gasteiger partial charge in [-0.15, -0.1) is 0 Å². The zero-order chi connectivity index (χ0) is 21.3. The molecule has 0 bridgehead atoms. The Bertz CT molecular complexity index is 1170. The third-order valence-electron chi connectivity index (χ3n) is 4.91. The van der Waals surface area contributed by atoms with E-state index in [1.807, 2.05) is 32.1 Å². The van der Waals surface area contributed by atoms with Crippen LogP contribution in [0.4, 0.5) is 5.69 Å². The van der Waals surface area contributed by atoms with Crippen LogP contribution in [0.1, 0.15) is 45.8 Å². The van der Waals surface area contributed by atoms with Gasteiger partial charge in [0.1, 0.15) is 5.75 Å². The van der Waals surface area contributed by atoms with E-state index in [-0.39, 0.29) is 11.6 Å². The number of carboxylic acids is 1. The summed E-state index contributed by atoms with van der Waals surface area (Å²) in [6, 6.07) is 12.4. The topological polar surface area (TPSA) is 84.3 Å². The molecule has 4 rings (SSSR count). The number of benzene rings is 2. The largest absolute Gasteiger partial charge is 0.478 e. The van der Waals surface area contributed by atoms with Crippen LogP contribution in [0.2, 0.25) is 0 Å². The zero-order valence-corrected chi connectivity index (χ0v) is 16.7. The summed E-state index contributed by atoms with van der Waals surface area (Å²) in [5, 5.41) is 12.8. The predicted molar refractivity (Wildman–Crippen MR) is 116 cm³/mol. The van der Waals surface area contributed by atoms with E-state index in [2.05, 4.69) is 21.9 Å². The molecule has 6 nitrogen and oxygen atoms in total. The van der Waals surface area contributed by atoms with Crippen molar-refractivity contribution in [3.63, 3.8) is 0 Å². The maximum Gasteiger partial charge on any atom is 0.337 e.